The largest absolute Gasteiger partial charge is 0.493 e. The van der Waals surface area contributed by atoms with Crippen LogP contribution in [-0.2, 0) is 15.7 Å². The van der Waals surface area contributed by atoms with Crippen LogP contribution < -0.4 is 9.47 Å². The molecule has 27 heavy (non-hydrogen) atoms. The number of thiol groups is 1. The summed E-state index contributed by atoms with van der Waals surface area (Å²) in [4.78, 5) is 8.75. The van der Waals surface area contributed by atoms with Gasteiger partial charge in [-0.25, -0.2) is 9.97 Å². The molecule has 0 unspecified atom stereocenters. The first-order chi connectivity index (χ1) is 13.3. The van der Waals surface area contributed by atoms with E-state index in [1.54, 1.807) is 24.3 Å². The average Bonchev–Trinajstić information content (AvgIpc) is 3.08. The van der Waals surface area contributed by atoms with E-state index in [2.05, 4.69) is 32.4 Å². The van der Waals surface area contributed by atoms with Gasteiger partial charge < -0.3 is 13.9 Å². The second kappa shape index (κ2) is 9.65. The van der Waals surface area contributed by atoms with E-state index in [1.165, 1.54) is 0 Å². The van der Waals surface area contributed by atoms with Crippen LogP contribution in [0.5, 0.6) is 11.5 Å². The highest BCUT2D eigenvalue weighted by Gasteiger charge is 2.11. The molecule has 0 N–H and O–H groups in total. The molecule has 7 nitrogen and oxygen atoms in total. The fourth-order valence-corrected chi connectivity index (χ4v) is 2.40. The minimum atomic E-state index is 0.483. The predicted octanol–water partition coefficient (Wildman–Crippen LogP) is 4.39. The molecule has 0 saturated heterocycles. The number of aromatic nitrogens is 1. The summed E-state index contributed by atoms with van der Waals surface area (Å²) >= 11 is 3.36. The molecule has 3 aromatic rings. The van der Waals surface area contributed by atoms with Crippen molar-refractivity contribution in [1.29, 1.82) is 0 Å². The Bertz CT molecular complexity index is 866. The lowest BCUT2D eigenvalue weighted by Crippen LogP contribution is -2.02. The van der Waals surface area contributed by atoms with E-state index in [9.17, 15) is 0 Å². The Morgan fingerprint density at radius 1 is 1.07 bits per heavy atom. The van der Waals surface area contributed by atoms with Crippen molar-refractivity contribution < 1.29 is 23.2 Å². The molecule has 0 bridgehead atoms. The molecule has 140 valence electrons. The van der Waals surface area contributed by atoms with Gasteiger partial charge in [-0.15, -0.1) is 0 Å². The van der Waals surface area contributed by atoms with Gasteiger partial charge in [0.1, 0.15) is 17.3 Å². The number of nitrogens with zero attached hydrogens (tertiary/aromatic N) is 2. The summed E-state index contributed by atoms with van der Waals surface area (Å²) in [7, 11) is 0. The summed E-state index contributed by atoms with van der Waals surface area (Å²) in [6.07, 6.45) is 1.73. The Labute approximate surface area is 162 Å². The maximum Gasteiger partial charge on any atom is 0.226 e. The van der Waals surface area contributed by atoms with Gasteiger partial charge in [0, 0.05) is 24.9 Å². The highest BCUT2D eigenvalue weighted by Crippen LogP contribution is 2.22. The fourth-order valence-electron chi connectivity index (χ4n) is 2.36. The van der Waals surface area contributed by atoms with Gasteiger partial charge in [-0.05, 0) is 48.5 Å². The number of hydrogen-bond donors (Lipinski definition) is 1. The monoisotopic (exact) mass is 386 g/mol. The quantitative estimate of drug-likeness (QED) is 0.147. The van der Waals surface area contributed by atoms with E-state index in [-0.39, 0.29) is 0 Å². The van der Waals surface area contributed by atoms with E-state index in [0.717, 1.165) is 29.2 Å². The molecule has 0 aliphatic heterocycles. The van der Waals surface area contributed by atoms with E-state index >= 15 is 0 Å². The number of oxime groups is 1. The molecule has 0 fully saturated rings. The topological polar surface area (TPSA) is 75.3 Å². The van der Waals surface area contributed by atoms with Crippen molar-refractivity contribution >= 4 is 19.3 Å². The zero-order valence-electron chi connectivity index (χ0n) is 14.6. The average molecular weight is 386 g/mol. The van der Waals surface area contributed by atoms with Crippen molar-refractivity contribution in [3.63, 3.8) is 0 Å². The van der Waals surface area contributed by atoms with Crippen LogP contribution in [-0.4, -0.2) is 18.0 Å². The third-order valence-electron chi connectivity index (χ3n) is 3.65. The van der Waals surface area contributed by atoms with Crippen LogP contribution in [0.4, 0.5) is 0 Å². The normalized spacial score (nSPS) is 10.9. The van der Waals surface area contributed by atoms with Gasteiger partial charge in [-0.3, -0.25) is 0 Å². The summed E-state index contributed by atoms with van der Waals surface area (Å²) in [6, 6.07) is 16.9. The highest BCUT2D eigenvalue weighted by atomic mass is 32.1. The summed E-state index contributed by atoms with van der Waals surface area (Å²) in [5.74, 6) is 2.72. The number of oxazole rings is 1. The van der Waals surface area contributed by atoms with Crippen LogP contribution >= 0.6 is 12.9 Å². The molecule has 1 aromatic heterocycles. The zero-order valence-corrected chi connectivity index (χ0v) is 15.5. The van der Waals surface area contributed by atoms with E-state index in [1.807, 2.05) is 37.3 Å². The molecule has 0 saturated carbocycles. The van der Waals surface area contributed by atoms with Gasteiger partial charge in [-0.1, -0.05) is 22.5 Å². The van der Waals surface area contributed by atoms with E-state index in [0.29, 0.717) is 24.7 Å². The smallest absolute Gasteiger partial charge is 0.226 e. The Kier molecular flexibility index (Phi) is 6.72. The van der Waals surface area contributed by atoms with Crippen molar-refractivity contribution in [3.8, 4) is 23.0 Å². The molecule has 0 aliphatic rings. The molecule has 0 spiro atoms. The van der Waals surface area contributed by atoms with Gasteiger partial charge in [0.15, 0.2) is 0 Å². The molecule has 2 aromatic carbocycles. The molecule has 0 amide bonds. The Balaban J connectivity index is 1.50. The second-order valence-electron chi connectivity index (χ2n) is 5.44. The lowest BCUT2D eigenvalue weighted by molar-refractivity contribution is -0.188. The lowest BCUT2D eigenvalue weighted by Gasteiger charge is -2.06. The number of ether oxygens (including phenoxy) is 2. The first-order valence-corrected chi connectivity index (χ1v) is 8.53. The molecule has 0 aliphatic carbocycles. The first-order valence-electron chi connectivity index (χ1n) is 8.16. The lowest BCUT2D eigenvalue weighted by atomic mass is 10.2. The van der Waals surface area contributed by atoms with Crippen molar-refractivity contribution in [2.75, 3.05) is 6.61 Å². The van der Waals surface area contributed by atoms with Gasteiger partial charge in [-0.2, -0.15) is 0 Å². The zero-order chi connectivity index (χ0) is 18.9. The molecule has 1 heterocycles. The minimum absolute atomic E-state index is 0.483. The fraction of sp³-hybridized carbons (Fsp3) is 0.158. The van der Waals surface area contributed by atoms with Gasteiger partial charge in [0.25, 0.3) is 0 Å². The van der Waals surface area contributed by atoms with Crippen molar-refractivity contribution in [3.05, 3.63) is 66.1 Å². The second-order valence-corrected chi connectivity index (χ2v) is 5.58. The molecule has 0 radical (unpaired) electrons. The summed E-state index contributed by atoms with van der Waals surface area (Å²) in [6.45, 7) is 2.39. The number of hydrogen-bond acceptors (Lipinski definition) is 8. The maximum absolute atomic E-state index is 5.75. The van der Waals surface area contributed by atoms with Crippen LogP contribution in [0.1, 0.15) is 11.5 Å². The summed E-state index contributed by atoms with van der Waals surface area (Å²) in [5, 5.41) is 3.33. The van der Waals surface area contributed by atoms with Gasteiger partial charge in [0.2, 0.25) is 12.3 Å². The van der Waals surface area contributed by atoms with Crippen LogP contribution in [0.3, 0.4) is 0 Å². The van der Waals surface area contributed by atoms with Gasteiger partial charge in [0.05, 0.1) is 12.3 Å². The standard InChI is InChI=1S/C19H18N2O5S/c1-14-18(21-19(24-14)15-5-3-2-4-6-15)11-12-22-16-7-9-17(10-8-16)23-13-20-25-26-27/h2-10,13,27H,11-12H2,1H3/b20-13+. The molecule has 0 atom stereocenters. The maximum atomic E-state index is 5.75. The molecular formula is C19H18N2O5S. The molecular weight excluding hydrogens is 368 g/mol. The third kappa shape index (κ3) is 5.50. The van der Waals surface area contributed by atoms with E-state index in [4.69, 9.17) is 13.9 Å². The number of benzene rings is 2. The Morgan fingerprint density at radius 2 is 1.81 bits per heavy atom. The highest BCUT2D eigenvalue weighted by molar-refractivity contribution is 7.74. The molecule has 8 heteroatoms. The third-order valence-corrected chi connectivity index (χ3v) is 3.72. The SMILES string of the molecule is Cc1oc(-c2ccccc2)nc1CCOc1ccc(O/C=N/OOS)cc1. The number of aryl methyl sites for hydroxylation is 1. The van der Waals surface area contributed by atoms with Crippen LogP contribution in [0.25, 0.3) is 11.5 Å². The van der Waals surface area contributed by atoms with Crippen LogP contribution in [0.2, 0.25) is 0 Å². The van der Waals surface area contributed by atoms with E-state index < -0.39 is 0 Å². The summed E-state index contributed by atoms with van der Waals surface area (Å²) in [5.41, 5.74) is 1.84. The van der Waals surface area contributed by atoms with Gasteiger partial charge >= 0.3 is 0 Å². The van der Waals surface area contributed by atoms with Crippen molar-refractivity contribution in [2.45, 2.75) is 13.3 Å². The van der Waals surface area contributed by atoms with Crippen molar-refractivity contribution in [1.82, 2.24) is 4.98 Å². The minimum Gasteiger partial charge on any atom is -0.493 e. The number of rotatable bonds is 9. The van der Waals surface area contributed by atoms with Crippen LogP contribution in [0.15, 0.2) is 64.2 Å². The van der Waals surface area contributed by atoms with Crippen molar-refractivity contribution in [2.24, 2.45) is 5.16 Å². The predicted molar refractivity (Wildman–Crippen MR) is 103 cm³/mol. The molecule has 3 rings (SSSR count). The Hall–Kier alpha value is -2.97. The summed E-state index contributed by atoms with van der Waals surface area (Å²) < 4.78 is 20.7. The van der Waals surface area contributed by atoms with Crippen LogP contribution in [0, 0.1) is 6.92 Å². The Morgan fingerprint density at radius 3 is 2.56 bits per heavy atom. The first kappa shape index (κ1) is 18.8.